The molecule has 1 heterocycles. The molecule has 0 spiro atoms. The average Bonchev–Trinajstić information content (AvgIpc) is 2.94. The van der Waals surface area contributed by atoms with E-state index in [4.69, 9.17) is 9.47 Å². The standard InChI is InChI=1S/C29H24N4O3/c1-35-27-15-13-21(16-28(27)36-2)25-17-24(20-9-4-3-5-10-20)31-29(32-25)33-30-18-23-22-11-7-6-8-19(22)12-14-26(23)34/h3-18,34H,1-2H3,(H,31,32,33)/b30-18-. The van der Waals surface area contributed by atoms with Crippen molar-refractivity contribution in [3.8, 4) is 39.8 Å². The topological polar surface area (TPSA) is 88.9 Å². The second kappa shape index (κ2) is 10.1. The van der Waals surface area contributed by atoms with Crippen LogP contribution in [0.3, 0.4) is 0 Å². The molecule has 0 aliphatic rings. The van der Waals surface area contributed by atoms with Crippen molar-refractivity contribution in [2.45, 2.75) is 0 Å². The van der Waals surface area contributed by atoms with Gasteiger partial charge in [0.1, 0.15) is 5.75 Å². The second-order valence-corrected chi connectivity index (χ2v) is 7.99. The molecule has 5 rings (SSSR count). The first-order chi connectivity index (χ1) is 17.7. The summed E-state index contributed by atoms with van der Waals surface area (Å²) >= 11 is 0. The Bertz CT molecular complexity index is 1550. The van der Waals surface area contributed by atoms with Crippen LogP contribution in [0.1, 0.15) is 5.56 Å². The largest absolute Gasteiger partial charge is 0.507 e. The van der Waals surface area contributed by atoms with Gasteiger partial charge in [0.15, 0.2) is 11.5 Å². The summed E-state index contributed by atoms with van der Waals surface area (Å²) in [5.41, 5.74) is 6.76. The Hall–Kier alpha value is -4.91. The number of nitrogens with one attached hydrogen (secondary N) is 1. The van der Waals surface area contributed by atoms with Crippen LogP contribution in [-0.4, -0.2) is 35.5 Å². The fraction of sp³-hybridized carbons (Fsp3) is 0.0690. The lowest BCUT2D eigenvalue weighted by Crippen LogP contribution is -2.01. The van der Waals surface area contributed by atoms with E-state index >= 15 is 0 Å². The molecule has 0 unspecified atom stereocenters. The van der Waals surface area contributed by atoms with E-state index in [-0.39, 0.29) is 5.75 Å². The molecule has 0 radical (unpaired) electrons. The molecule has 0 atom stereocenters. The monoisotopic (exact) mass is 476 g/mol. The third kappa shape index (κ3) is 4.67. The van der Waals surface area contributed by atoms with E-state index in [9.17, 15) is 5.11 Å². The normalized spacial score (nSPS) is 11.1. The van der Waals surface area contributed by atoms with Crippen molar-refractivity contribution >= 4 is 22.9 Å². The van der Waals surface area contributed by atoms with Gasteiger partial charge < -0.3 is 14.6 Å². The van der Waals surface area contributed by atoms with Gasteiger partial charge in [-0.05, 0) is 41.1 Å². The van der Waals surface area contributed by atoms with Crippen LogP contribution in [0.4, 0.5) is 5.95 Å². The minimum absolute atomic E-state index is 0.143. The number of hydrazone groups is 1. The number of phenols is 1. The van der Waals surface area contributed by atoms with Crippen LogP contribution < -0.4 is 14.9 Å². The van der Waals surface area contributed by atoms with Gasteiger partial charge in [-0.1, -0.05) is 60.7 Å². The van der Waals surface area contributed by atoms with Gasteiger partial charge in [-0.2, -0.15) is 5.10 Å². The zero-order chi connectivity index (χ0) is 24.9. The number of hydrogen-bond donors (Lipinski definition) is 2. The third-order valence-corrected chi connectivity index (χ3v) is 5.78. The van der Waals surface area contributed by atoms with Gasteiger partial charge in [0.05, 0.1) is 31.8 Å². The number of fused-ring (bicyclic) bond motifs is 1. The number of phenolic OH excluding ortho intramolecular Hbond substituents is 1. The number of methoxy groups -OCH3 is 2. The van der Waals surface area contributed by atoms with Gasteiger partial charge in [-0.15, -0.1) is 0 Å². The molecular weight excluding hydrogens is 452 g/mol. The maximum Gasteiger partial charge on any atom is 0.244 e. The highest BCUT2D eigenvalue weighted by Crippen LogP contribution is 2.33. The van der Waals surface area contributed by atoms with E-state index in [1.807, 2.05) is 84.9 Å². The van der Waals surface area contributed by atoms with Crippen LogP contribution in [0.25, 0.3) is 33.3 Å². The van der Waals surface area contributed by atoms with Crippen molar-refractivity contribution < 1.29 is 14.6 Å². The second-order valence-electron chi connectivity index (χ2n) is 7.99. The molecule has 5 aromatic rings. The van der Waals surface area contributed by atoms with Crippen LogP contribution in [0, 0.1) is 0 Å². The van der Waals surface area contributed by atoms with Gasteiger partial charge in [-0.25, -0.2) is 15.4 Å². The first-order valence-corrected chi connectivity index (χ1v) is 11.3. The van der Waals surface area contributed by atoms with Crippen LogP contribution in [0.2, 0.25) is 0 Å². The molecule has 0 saturated heterocycles. The predicted octanol–water partition coefficient (Wildman–Crippen LogP) is 6.13. The van der Waals surface area contributed by atoms with Crippen molar-refractivity contribution in [2.24, 2.45) is 5.10 Å². The Balaban J connectivity index is 1.54. The molecular formula is C29H24N4O3. The molecule has 178 valence electrons. The minimum atomic E-state index is 0.143. The zero-order valence-corrected chi connectivity index (χ0v) is 19.8. The minimum Gasteiger partial charge on any atom is -0.507 e. The maximum atomic E-state index is 10.4. The number of rotatable bonds is 7. The molecule has 36 heavy (non-hydrogen) atoms. The van der Waals surface area contributed by atoms with Crippen molar-refractivity contribution in [1.29, 1.82) is 0 Å². The summed E-state index contributed by atoms with van der Waals surface area (Å²) in [6.45, 7) is 0. The summed E-state index contributed by atoms with van der Waals surface area (Å²) in [5, 5.41) is 16.7. The highest BCUT2D eigenvalue weighted by Gasteiger charge is 2.12. The van der Waals surface area contributed by atoms with E-state index in [2.05, 4.69) is 20.5 Å². The van der Waals surface area contributed by atoms with Gasteiger partial charge in [-0.3, -0.25) is 0 Å². The van der Waals surface area contributed by atoms with Crippen LogP contribution >= 0.6 is 0 Å². The molecule has 0 aliphatic heterocycles. The van der Waals surface area contributed by atoms with E-state index < -0.39 is 0 Å². The predicted molar refractivity (Wildman–Crippen MR) is 143 cm³/mol. The van der Waals surface area contributed by atoms with Crippen molar-refractivity contribution in [3.05, 3.63) is 96.6 Å². The summed E-state index contributed by atoms with van der Waals surface area (Å²) < 4.78 is 10.8. The van der Waals surface area contributed by atoms with Gasteiger partial charge in [0.25, 0.3) is 0 Å². The lowest BCUT2D eigenvalue weighted by molar-refractivity contribution is 0.355. The highest BCUT2D eigenvalue weighted by atomic mass is 16.5. The number of hydrogen-bond acceptors (Lipinski definition) is 7. The summed E-state index contributed by atoms with van der Waals surface area (Å²) in [4.78, 5) is 9.35. The van der Waals surface area contributed by atoms with Gasteiger partial charge in [0, 0.05) is 16.7 Å². The van der Waals surface area contributed by atoms with Crippen molar-refractivity contribution in [2.75, 3.05) is 19.6 Å². The summed E-state index contributed by atoms with van der Waals surface area (Å²) in [6.07, 6.45) is 1.58. The number of benzene rings is 4. The van der Waals surface area contributed by atoms with Crippen LogP contribution in [0.5, 0.6) is 17.2 Å². The zero-order valence-electron chi connectivity index (χ0n) is 19.8. The Morgan fingerprint density at radius 1 is 0.750 bits per heavy atom. The fourth-order valence-corrected chi connectivity index (χ4v) is 3.97. The Kier molecular flexibility index (Phi) is 6.44. The Labute approximate surface area is 208 Å². The SMILES string of the molecule is COc1ccc(-c2cc(-c3ccccc3)nc(N/N=C\c3c(O)ccc4ccccc34)n2)cc1OC. The van der Waals surface area contributed by atoms with Gasteiger partial charge >= 0.3 is 0 Å². The maximum absolute atomic E-state index is 10.4. The molecule has 0 bridgehead atoms. The van der Waals surface area contributed by atoms with E-state index in [1.165, 1.54) is 0 Å². The molecule has 1 aromatic heterocycles. The lowest BCUT2D eigenvalue weighted by Gasteiger charge is -2.11. The van der Waals surface area contributed by atoms with Crippen LogP contribution in [0.15, 0.2) is 96.1 Å². The molecule has 0 aliphatic carbocycles. The summed E-state index contributed by atoms with van der Waals surface area (Å²) in [7, 11) is 3.20. The Morgan fingerprint density at radius 3 is 2.25 bits per heavy atom. The molecule has 0 saturated carbocycles. The number of ether oxygens (including phenoxy) is 2. The quantitative estimate of drug-likeness (QED) is 0.217. The smallest absolute Gasteiger partial charge is 0.244 e. The third-order valence-electron chi connectivity index (χ3n) is 5.78. The lowest BCUT2D eigenvalue weighted by atomic mass is 10.0. The molecule has 2 N–H and O–H groups in total. The van der Waals surface area contributed by atoms with Gasteiger partial charge in [0.2, 0.25) is 5.95 Å². The first-order valence-electron chi connectivity index (χ1n) is 11.3. The molecule has 7 nitrogen and oxygen atoms in total. The number of aromatic nitrogens is 2. The summed E-state index contributed by atoms with van der Waals surface area (Å²) in [6, 6.07) is 28.7. The highest BCUT2D eigenvalue weighted by molar-refractivity contribution is 6.02. The first kappa shape index (κ1) is 22.9. The molecule has 7 heteroatoms. The van der Waals surface area contributed by atoms with E-state index in [0.717, 1.165) is 27.6 Å². The number of anilines is 1. The Morgan fingerprint density at radius 2 is 1.47 bits per heavy atom. The average molecular weight is 477 g/mol. The molecule has 0 amide bonds. The molecule has 0 fully saturated rings. The van der Waals surface area contributed by atoms with Crippen molar-refractivity contribution in [1.82, 2.24) is 9.97 Å². The van der Waals surface area contributed by atoms with E-state index in [1.54, 1.807) is 26.5 Å². The van der Waals surface area contributed by atoms with Crippen molar-refractivity contribution in [3.63, 3.8) is 0 Å². The number of aromatic hydroxyl groups is 1. The summed E-state index contributed by atoms with van der Waals surface area (Å²) in [5.74, 6) is 1.70. The number of nitrogens with zero attached hydrogens (tertiary/aromatic N) is 3. The van der Waals surface area contributed by atoms with E-state index in [0.29, 0.717) is 28.7 Å². The molecule has 4 aromatic carbocycles. The fourth-order valence-electron chi connectivity index (χ4n) is 3.97. The van der Waals surface area contributed by atoms with Crippen LogP contribution in [-0.2, 0) is 0 Å².